The van der Waals surface area contributed by atoms with Crippen LogP contribution >= 0.6 is 0 Å². The minimum Gasteiger partial charge on any atom is -0.360 e. The highest BCUT2D eigenvalue weighted by Gasteiger charge is 2.17. The second kappa shape index (κ2) is 5.30. The molecule has 1 heterocycles. The minimum atomic E-state index is -0.0930. The van der Waals surface area contributed by atoms with Crippen molar-refractivity contribution in [1.29, 1.82) is 0 Å². The molecule has 0 aromatic heterocycles. The number of hydrogen-bond acceptors (Lipinski definition) is 1. The largest absolute Gasteiger partial charge is 0.360 e. The summed E-state index contributed by atoms with van der Waals surface area (Å²) in [4.78, 5) is 0. The Morgan fingerprint density at radius 2 is 1.84 bits per heavy atom. The Morgan fingerprint density at radius 1 is 1.05 bits per heavy atom. The topological polar surface area (TPSA) is 9.23 Å². The Bertz CT molecular complexity index is 646. The van der Waals surface area contributed by atoms with E-state index < -0.39 is 0 Å². The fraction of sp³-hybridized carbons (Fsp3) is 0.222. The molecule has 0 radical (unpaired) electrons. The fourth-order valence-electron chi connectivity index (χ4n) is 2.37. The standard InChI is InChI=1S/C18H16O/c1-14-6-2-3-7-15(14)10-11-18-17-9-5-4-8-16(17)12-13-19-18/h2-9,18H,12-13H2,1H3/t18-/m1/s1. The highest BCUT2D eigenvalue weighted by molar-refractivity contribution is 5.43. The molecule has 1 aliphatic rings. The lowest BCUT2D eigenvalue weighted by molar-refractivity contribution is 0.0814. The number of rotatable bonds is 0. The van der Waals surface area contributed by atoms with Gasteiger partial charge in [0.2, 0.25) is 0 Å². The second-order valence-electron chi connectivity index (χ2n) is 4.78. The van der Waals surface area contributed by atoms with Crippen LogP contribution in [0.2, 0.25) is 0 Å². The van der Waals surface area contributed by atoms with E-state index in [-0.39, 0.29) is 6.10 Å². The summed E-state index contributed by atoms with van der Waals surface area (Å²) < 4.78 is 5.79. The molecule has 19 heavy (non-hydrogen) atoms. The normalized spacial score (nSPS) is 17.2. The van der Waals surface area contributed by atoms with Gasteiger partial charge >= 0.3 is 0 Å². The molecule has 1 aliphatic heterocycles. The third kappa shape index (κ3) is 2.54. The molecular formula is C18H16O. The van der Waals surface area contributed by atoms with Crippen LogP contribution in [0.5, 0.6) is 0 Å². The Kier molecular flexibility index (Phi) is 3.35. The Labute approximate surface area is 114 Å². The number of ether oxygens (including phenoxy) is 1. The number of hydrogen-bond donors (Lipinski definition) is 0. The smallest absolute Gasteiger partial charge is 0.144 e. The summed E-state index contributed by atoms with van der Waals surface area (Å²) in [6, 6.07) is 16.6. The molecule has 0 bridgehead atoms. The minimum absolute atomic E-state index is 0.0930. The van der Waals surface area contributed by atoms with Gasteiger partial charge in [-0.1, -0.05) is 54.3 Å². The highest BCUT2D eigenvalue weighted by atomic mass is 16.5. The molecule has 0 aliphatic carbocycles. The molecule has 1 atom stereocenters. The second-order valence-corrected chi connectivity index (χ2v) is 4.78. The van der Waals surface area contributed by atoms with Crippen LogP contribution < -0.4 is 0 Å². The van der Waals surface area contributed by atoms with Gasteiger partial charge in [-0.05, 0) is 36.1 Å². The monoisotopic (exact) mass is 248 g/mol. The van der Waals surface area contributed by atoms with Crippen molar-refractivity contribution < 1.29 is 4.74 Å². The Balaban J connectivity index is 1.92. The first-order valence-electron chi connectivity index (χ1n) is 6.61. The van der Waals surface area contributed by atoms with E-state index in [9.17, 15) is 0 Å². The first-order chi connectivity index (χ1) is 9.34. The van der Waals surface area contributed by atoms with Gasteiger partial charge in [0, 0.05) is 5.56 Å². The van der Waals surface area contributed by atoms with E-state index in [1.54, 1.807) is 0 Å². The van der Waals surface area contributed by atoms with Crippen molar-refractivity contribution in [2.75, 3.05) is 6.61 Å². The first kappa shape index (κ1) is 12.0. The molecule has 0 N–H and O–H groups in total. The third-order valence-corrected chi connectivity index (χ3v) is 3.48. The van der Waals surface area contributed by atoms with Gasteiger partial charge in [-0.25, -0.2) is 0 Å². The van der Waals surface area contributed by atoms with E-state index in [2.05, 4.69) is 55.2 Å². The molecule has 1 nitrogen and oxygen atoms in total. The highest BCUT2D eigenvalue weighted by Crippen LogP contribution is 2.26. The third-order valence-electron chi connectivity index (χ3n) is 3.48. The Morgan fingerprint density at radius 3 is 2.74 bits per heavy atom. The van der Waals surface area contributed by atoms with Crippen molar-refractivity contribution >= 4 is 0 Å². The summed E-state index contributed by atoms with van der Waals surface area (Å²) in [5.41, 5.74) is 4.86. The van der Waals surface area contributed by atoms with E-state index in [1.165, 1.54) is 16.7 Å². The van der Waals surface area contributed by atoms with E-state index in [0.29, 0.717) is 0 Å². The molecule has 1 heteroatoms. The SMILES string of the molecule is Cc1ccccc1C#C[C@H]1OCCc2ccccc21. The van der Waals surface area contributed by atoms with Crippen LogP contribution in [-0.2, 0) is 11.2 Å². The molecular weight excluding hydrogens is 232 g/mol. The molecule has 0 saturated heterocycles. The van der Waals surface area contributed by atoms with Crippen molar-refractivity contribution in [2.45, 2.75) is 19.4 Å². The van der Waals surface area contributed by atoms with Gasteiger partial charge in [-0.3, -0.25) is 0 Å². The van der Waals surface area contributed by atoms with Crippen LogP contribution in [-0.4, -0.2) is 6.61 Å². The summed E-state index contributed by atoms with van der Waals surface area (Å²) in [6.07, 6.45) is 0.892. The molecule has 0 spiro atoms. The van der Waals surface area contributed by atoms with Crippen LogP contribution in [0.25, 0.3) is 0 Å². The van der Waals surface area contributed by atoms with Gasteiger partial charge in [0.05, 0.1) is 6.61 Å². The summed E-state index contributed by atoms with van der Waals surface area (Å²) in [5.74, 6) is 6.51. The van der Waals surface area contributed by atoms with Gasteiger partial charge in [-0.2, -0.15) is 0 Å². The van der Waals surface area contributed by atoms with Crippen LogP contribution in [0.15, 0.2) is 48.5 Å². The molecule has 0 saturated carbocycles. The van der Waals surface area contributed by atoms with Crippen LogP contribution in [0.4, 0.5) is 0 Å². The van der Waals surface area contributed by atoms with Gasteiger partial charge < -0.3 is 4.74 Å². The maximum atomic E-state index is 5.79. The fourth-order valence-corrected chi connectivity index (χ4v) is 2.37. The lowest BCUT2D eigenvalue weighted by Crippen LogP contribution is -2.14. The maximum Gasteiger partial charge on any atom is 0.144 e. The lowest BCUT2D eigenvalue weighted by Gasteiger charge is -2.21. The van der Waals surface area contributed by atoms with Crippen LogP contribution in [0, 0.1) is 18.8 Å². The van der Waals surface area contributed by atoms with E-state index in [1.807, 2.05) is 12.1 Å². The first-order valence-corrected chi connectivity index (χ1v) is 6.61. The zero-order chi connectivity index (χ0) is 13.1. The average molecular weight is 248 g/mol. The molecule has 3 rings (SSSR count). The summed E-state index contributed by atoms with van der Waals surface area (Å²) in [5, 5.41) is 0. The average Bonchev–Trinajstić information content (AvgIpc) is 2.46. The van der Waals surface area contributed by atoms with Gasteiger partial charge in [0.25, 0.3) is 0 Å². The summed E-state index contributed by atoms with van der Waals surface area (Å²) in [6.45, 7) is 2.84. The van der Waals surface area contributed by atoms with Crippen molar-refractivity contribution in [3.63, 3.8) is 0 Å². The quantitative estimate of drug-likeness (QED) is 0.646. The molecule has 0 fully saturated rings. The molecule has 0 unspecified atom stereocenters. The van der Waals surface area contributed by atoms with Gasteiger partial charge in [0.1, 0.15) is 6.10 Å². The van der Waals surface area contributed by atoms with Crippen molar-refractivity contribution in [3.8, 4) is 11.8 Å². The number of aryl methyl sites for hydroxylation is 1. The summed E-state index contributed by atoms with van der Waals surface area (Å²) >= 11 is 0. The predicted octanol–water partition coefficient (Wildman–Crippen LogP) is 3.66. The van der Waals surface area contributed by atoms with E-state index >= 15 is 0 Å². The summed E-state index contributed by atoms with van der Waals surface area (Å²) in [7, 11) is 0. The number of benzene rings is 2. The maximum absolute atomic E-state index is 5.79. The van der Waals surface area contributed by atoms with Gasteiger partial charge in [-0.15, -0.1) is 0 Å². The predicted molar refractivity (Wildman–Crippen MR) is 76.9 cm³/mol. The van der Waals surface area contributed by atoms with E-state index in [4.69, 9.17) is 4.74 Å². The van der Waals surface area contributed by atoms with Crippen LogP contribution in [0.3, 0.4) is 0 Å². The zero-order valence-corrected chi connectivity index (χ0v) is 11.0. The van der Waals surface area contributed by atoms with Crippen LogP contribution in [0.1, 0.15) is 28.4 Å². The van der Waals surface area contributed by atoms with Crippen molar-refractivity contribution in [3.05, 3.63) is 70.8 Å². The van der Waals surface area contributed by atoms with Gasteiger partial charge in [0.15, 0.2) is 0 Å². The zero-order valence-electron chi connectivity index (χ0n) is 11.0. The molecule has 94 valence electrons. The van der Waals surface area contributed by atoms with Crippen molar-refractivity contribution in [1.82, 2.24) is 0 Å². The van der Waals surface area contributed by atoms with E-state index in [0.717, 1.165) is 18.6 Å². The number of fused-ring (bicyclic) bond motifs is 1. The Hall–Kier alpha value is -2.04. The molecule has 0 amide bonds. The molecule has 2 aromatic rings. The van der Waals surface area contributed by atoms with Crippen molar-refractivity contribution in [2.24, 2.45) is 0 Å². The lowest BCUT2D eigenvalue weighted by atomic mass is 9.97. The molecule has 2 aromatic carbocycles.